The fraction of sp³-hybridized carbons (Fsp3) is 0.263. The van der Waals surface area contributed by atoms with Gasteiger partial charge in [-0.1, -0.05) is 35.0 Å². The van der Waals surface area contributed by atoms with Gasteiger partial charge in [-0.2, -0.15) is 0 Å². The second kappa shape index (κ2) is 9.73. The lowest BCUT2D eigenvalue weighted by Crippen LogP contribution is -2.14. The molecule has 0 aliphatic carbocycles. The molecule has 26 heavy (non-hydrogen) atoms. The number of hydrogen-bond acceptors (Lipinski definition) is 5. The molecule has 0 atom stereocenters. The number of ketones is 1. The maximum atomic E-state index is 12.3. The van der Waals surface area contributed by atoms with Crippen molar-refractivity contribution in [2.75, 3.05) is 20.3 Å². The summed E-state index contributed by atoms with van der Waals surface area (Å²) in [5.74, 6) is 0.0483. The van der Waals surface area contributed by atoms with Gasteiger partial charge < -0.3 is 14.2 Å². The van der Waals surface area contributed by atoms with Gasteiger partial charge in [0.05, 0.1) is 23.8 Å². The molecule has 0 saturated heterocycles. The summed E-state index contributed by atoms with van der Waals surface area (Å²) in [6.45, 7) is 2.18. The van der Waals surface area contributed by atoms with Crippen molar-refractivity contribution in [2.45, 2.75) is 13.3 Å². The van der Waals surface area contributed by atoms with Crippen molar-refractivity contribution in [3.05, 3.63) is 56.5 Å². The van der Waals surface area contributed by atoms with Crippen LogP contribution in [0.25, 0.3) is 0 Å². The summed E-state index contributed by atoms with van der Waals surface area (Å²) in [5.41, 5.74) is 0.740. The van der Waals surface area contributed by atoms with Crippen LogP contribution >= 0.6 is 31.9 Å². The third-order valence-corrected chi connectivity index (χ3v) is 4.53. The molecule has 2 rings (SSSR count). The molecule has 7 heteroatoms. The van der Waals surface area contributed by atoms with Crippen LogP contribution in [0, 0.1) is 0 Å². The predicted octanol–water partition coefficient (Wildman–Crippen LogP) is 5.05. The monoisotopic (exact) mass is 484 g/mol. The first-order valence-electron chi connectivity index (χ1n) is 7.92. The number of carbonyl (C=O) groups is 2. The van der Waals surface area contributed by atoms with Crippen molar-refractivity contribution in [3.8, 4) is 11.5 Å². The highest BCUT2D eigenvalue weighted by Gasteiger charge is 2.18. The average molecular weight is 486 g/mol. The Morgan fingerprint density at radius 2 is 1.73 bits per heavy atom. The van der Waals surface area contributed by atoms with E-state index < -0.39 is 5.97 Å². The molecule has 0 heterocycles. The van der Waals surface area contributed by atoms with E-state index in [9.17, 15) is 9.59 Å². The zero-order chi connectivity index (χ0) is 19.1. The number of hydrogen-bond donors (Lipinski definition) is 0. The Morgan fingerprint density at radius 3 is 2.35 bits per heavy atom. The van der Waals surface area contributed by atoms with E-state index in [2.05, 4.69) is 31.9 Å². The van der Waals surface area contributed by atoms with Gasteiger partial charge in [0.25, 0.3) is 0 Å². The summed E-state index contributed by atoms with van der Waals surface area (Å²) in [4.78, 5) is 24.4. The van der Waals surface area contributed by atoms with E-state index in [4.69, 9.17) is 14.2 Å². The Bertz CT molecular complexity index is 787. The first-order chi connectivity index (χ1) is 12.5. The van der Waals surface area contributed by atoms with E-state index in [-0.39, 0.29) is 18.0 Å². The maximum absolute atomic E-state index is 12.3. The summed E-state index contributed by atoms with van der Waals surface area (Å²) >= 11 is 6.68. The third kappa shape index (κ3) is 5.32. The van der Waals surface area contributed by atoms with Gasteiger partial charge in [-0.25, -0.2) is 4.79 Å². The topological polar surface area (TPSA) is 61.8 Å². The zero-order valence-corrected chi connectivity index (χ0v) is 17.6. The molecule has 0 amide bonds. The second-order valence-corrected chi connectivity index (χ2v) is 7.11. The van der Waals surface area contributed by atoms with Gasteiger partial charge in [0.15, 0.2) is 23.9 Å². The Morgan fingerprint density at radius 1 is 1.04 bits per heavy atom. The maximum Gasteiger partial charge on any atom is 0.338 e. The Balaban J connectivity index is 2.08. The van der Waals surface area contributed by atoms with Crippen molar-refractivity contribution < 1.29 is 23.8 Å². The van der Waals surface area contributed by atoms with Crippen LogP contribution in [-0.2, 0) is 4.74 Å². The van der Waals surface area contributed by atoms with Gasteiger partial charge in [-0.15, -0.1) is 0 Å². The van der Waals surface area contributed by atoms with Gasteiger partial charge in [0.2, 0.25) is 0 Å². The van der Waals surface area contributed by atoms with Gasteiger partial charge in [0, 0.05) is 10.0 Å². The molecule has 2 aromatic carbocycles. The lowest BCUT2D eigenvalue weighted by molar-refractivity contribution is 0.0474. The highest BCUT2D eigenvalue weighted by atomic mass is 79.9. The van der Waals surface area contributed by atoms with Crippen LogP contribution < -0.4 is 9.47 Å². The van der Waals surface area contributed by atoms with E-state index in [1.807, 2.05) is 6.92 Å². The summed E-state index contributed by atoms with van der Waals surface area (Å²) in [7, 11) is 1.49. The number of benzene rings is 2. The molecule has 0 saturated carbocycles. The molecule has 0 fully saturated rings. The summed E-state index contributed by atoms with van der Waals surface area (Å²) in [5, 5.41) is 0. The molecule has 0 aromatic heterocycles. The number of carbonyl (C=O) groups excluding carboxylic acids is 2. The standard InChI is InChI=1S/C19H18Br2O5/c1-3-8-25-18-15(21)9-13(10-17(18)24-2)19(23)26-11-16(22)12-4-6-14(20)7-5-12/h4-7,9-10H,3,8,11H2,1-2H3. The molecule has 5 nitrogen and oxygen atoms in total. The quantitative estimate of drug-likeness (QED) is 0.386. The fourth-order valence-electron chi connectivity index (χ4n) is 2.12. The largest absolute Gasteiger partial charge is 0.493 e. The predicted molar refractivity (Wildman–Crippen MR) is 105 cm³/mol. The summed E-state index contributed by atoms with van der Waals surface area (Å²) < 4.78 is 17.5. The number of methoxy groups -OCH3 is 1. The summed E-state index contributed by atoms with van der Waals surface area (Å²) in [6, 6.07) is 9.96. The van der Waals surface area contributed by atoms with E-state index in [1.165, 1.54) is 13.2 Å². The number of rotatable bonds is 8. The van der Waals surface area contributed by atoms with Crippen LogP contribution in [0.4, 0.5) is 0 Å². The molecule has 0 N–H and O–H groups in total. The molecular formula is C19H18Br2O5. The Hall–Kier alpha value is -1.86. The van der Waals surface area contributed by atoms with Crippen molar-refractivity contribution >= 4 is 43.6 Å². The number of esters is 1. The van der Waals surface area contributed by atoms with E-state index in [1.54, 1.807) is 30.3 Å². The van der Waals surface area contributed by atoms with E-state index >= 15 is 0 Å². The van der Waals surface area contributed by atoms with E-state index in [0.717, 1.165) is 10.9 Å². The van der Waals surface area contributed by atoms with Crippen LogP contribution in [0.5, 0.6) is 11.5 Å². The Labute approximate surface area is 168 Å². The van der Waals surface area contributed by atoms with Crippen LogP contribution in [0.15, 0.2) is 45.3 Å². The van der Waals surface area contributed by atoms with Crippen molar-refractivity contribution in [2.24, 2.45) is 0 Å². The molecule has 0 aliphatic rings. The molecule has 0 spiro atoms. The van der Waals surface area contributed by atoms with Crippen LogP contribution in [0.3, 0.4) is 0 Å². The molecular weight excluding hydrogens is 468 g/mol. The molecule has 138 valence electrons. The smallest absolute Gasteiger partial charge is 0.338 e. The highest BCUT2D eigenvalue weighted by Crippen LogP contribution is 2.37. The molecule has 0 aliphatic heterocycles. The first kappa shape index (κ1) is 20.5. The van der Waals surface area contributed by atoms with Crippen molar-refractivity contribution in [3.63, 3.8) is 0 Å². The van der Waals surface area contributed by atoms with Crippen LogP contribution in [-0.4, -0.2) is 32.1 Å². The normalized spacial score (nSPS) is 10.3. The average Bonchev–Trinajstić information content (AvgIpc) is 2.64. The number of ether oxygens (including phenoxy) is 3. The molecule has 0 radical (unpaired) electrons. The van der Waals surface area contributed by atoms with Gasteiger partial charge in [-0.05, 0) is 46.6 Å². The minimum absolute atomic E-state index is 0.265. The molecule has 2 aromatic rings. The van der Waals surface area contributed by atoms with Crippen LogP contribution in [0.2, 0.25) is 0 Å². The minimum Gasteiger partial charge on any atom is -0.493 e. The third-order valence-electron chi connectivity index (χ3n) is 3.42. The lowest BCUT2D eigenvalue weighted by atomic mass is 10.1. The van der Waals surface area contributed by atoms with Gasteiger partial charge >= 0.3 is 5.97 Å². The molecule has 0 bridgehead atoms. The minimum atomic E-state index is -0.614. The van der Waals surface area contributed by atoms with Crippen LogP contribution in [0.1, 0.15) is 34.1 Å². The number of halogens is 2. The number of Topliss-reactive ketones (excluding diaryl/α,β-unsaturated/α-hetero) is 1. The van der Waals surface area contributed by atoms with Crippen molar-refractivity contribution in [1.82, 2.24) is 0 Å². The van der Waals surface area contributed by atoms with E-state index in [0.29, 0.717) is 28.1 Å². The molecule has 0 unspecified atom stereocenters. The van der Waals surface area contributed by atoms with Gasteiger partial charge in [0.1, 0.15) is 0 Å². The fourth-order valence-corrected chi connectivity index (χ4v) is 2.94. The van der Waals surface area contributed by atoms with Crippen molar-refractivity contribution in [1.29, 1.82) is 0 Å². The Kier molecular flexibility index (Phi) is 7.66. The lowest BCUT2D eigenvalue weighted by Gasteiger charge is -2.13. The summed E-state index contributed by atoms with van der Waals surface area (Å²) in [6.07, 6.45) is 0.845. The van der Waals surface area contributed by atoms with Gasteiger partial charge in [-0.3, -0.25) is 4.79 Å². The second-order valence-electron chi connectivity index (χ2n) is 5.34. The zero-order valence-electron chi connectivity index (χ0n) is 14.4. The highest BCUT2D eigenvalue weighted by molar-refractivity contribution is 9.10. The SMILES string of the molecule is CCCOc1c(Br)cc(C(=O)OCC(=O)c2ccc(Br)cc2)cc1OC. The first-order valence-corrected chi connectivity index (χ1v) is 9.51.